The number of carbonyl (C=O) groups is 3. The summed E-state index contributed by atoms with van der Waals surface area (Å²) >= 11 is 0. The Balaban J connectivity index is 4.38. The molecule has 0 fully saturated rings. The number of hydrogen-bond acceptors (Lipinski definition) is 9. The van der Waals surface area contributed by atoms with Gasteiger partial charge in [0.05, 0.1) is 13.2 Å². The summed E-state index contributed by atoms with van der Waals surface area (Å²) in [6.07, 6.45) is 35.3. The fraction of sp³-hybridized carbons (Fsp3) is 0.825. The van der Waals surface area contributed by atoms with Crippen molar-refractivity contribution in [2.24, 2.45) is 5.73 Å². The normalized spacial score (nSPS) is 14.1. The van der Waals surface area contributed by atoms with Crippen LogP contribution in [0.1, 0.15) is 181 Å². The highest BCUT2D eigenvalue weighted by atomic mass is 31.2. The van der Waals surface area contributed by atoms with Gasteiger partial charge in [0.1, 0.15) is 12.6 Å². The summed E-state index contributed by atoms with van der Waals surface area (Å²) in [5.74, 6) is -2.39. The van der Waals surface area contributed by atoms with Crippen LogP contribution in [0.15, 0.2) is 24.3 Å². The lowest BCUT2D eigenvalue weighted by Gasteiger charge is -2.20. The number of carboxylic acids is 1. The van der Waals surface area contributed by atoms with E-state index in [2.05, 4.69) is 42.7 Å². The topological polar surface area (TPSA) is 172 Å². The fourth-order valence-electron chi connectivity index (χ4n) is 5.39. The van der Waals surface area contributed by atoms with E-state index in [-0.39, 0.29) is 19.4 Å². The van der Waals surface area contributed by atoms with Gasteiger partial charge >= 0.3 is 25.7 Å². The molecule has 52 heavy (non-hydrogen) atoms. The zero-order chi connectivity index (χ0) is 38.5. The number of phosphoric ester groups is 1. The Morgan fingerprint density at radius 1 is 0.577 bits per heavy atom. The SMILES string of the molecule is CCCC/C=C/CCCCCCCC(=O)OC[C@@H](COP(=O)(O)OC[C@H](N)C(=O)O)OC(=O)CCCCCCCCCCC/C=C/CCCCCC. The Morgan fingerprint density at radius 2 is 0.981 bits per heavy atom. The first-order valence-corrected chi connectivity index (χ1v) is 21.9. The number of nitrogens with two attached hydrogens (primary N) is 1. The smallest absolute Gasteiger partial charge is 0.472 e. The molecular weight excluding hydrogens is 685 g/mol. The van der Waals surface area contributed by atoms with Crippen molar-refractivity contribution >= 4 is 25.7 Å². The van der Waals surface area contributed by atoms with Crippen molar-refractivity contribution in [3.05, 3.63) is 24.3 Å². The summed E-state index contributed by atoms with van der Waals surface area (Å²) < 4.78 is 32.6. The molecule has 0 spiro atoms. The summed E-state index contributed by atoms with van der Waals surface area (Å²) in [6.45, 7) is 2.73. The zero-order valence-electron chi connectivity index (χ0n) is 32.7. The third-order valence-corrected chi connectivity index (χ3v) is 9.62. The lowest BCUT2D eigenvalue weighted by atomic mass is 10.1. The number of ether oxygens (including phenoxy) is 2. The highest BCUT2D eigenvalue weighted by Gasteiger charge is 2.28. The van der Waals surface area contributed by atoms with Gasteiger partial charge in [0.25, 0.3) is 0 Å². The molecular formula is C40H74NO10P. The van der Waals surface area contributed by atoms with Crippen LogP contribution in [0.3, 0.4) is 0 Å². The van der Waals surface area contributed by atoms with Gasteiger partial charge in [-0.2, -0.15) is 0 Å². The minimum Gasteiger partial charge on any atom is -0.480 e. The molecule has 3 atom stereocenters. The summed E-state index contributed by atoms with van der Waals surface area (Å²) in [6, 6.07) is -1.52. The molecule has 0 aliphatic rings. The van der Waals surface area contributed by atoms with E-state index in [4.69, 9.17) is 24.8 Å². The molecule has 0 saturated heterocycles. The average Bonchev–Trinajstić information content (AvgIpc) is 3.12. The Bertz CT molecular complexity index is 989. The number of carbonyl (C=O) groups excluding carboxylic acids is 2. The number of aliphatic carboxylic acids is 1. The van der Waals surface area contributed by atoms with Gasteiger partial charge < -0.3 is 25.2 Å². The Kier molecular flexibility index (Phi) is 34.6. The molecule has 0 radical (unpaired) electrons. The highest BCUT2D eigenvalue weighted by Crippen LogP contribution is 2.43. The monoisotopic (exact) mass is 760 g/mol. The molecule has 0 amide bonds. The van der Waals surface area contributed by atoms with E-state index in [1.54, 1.807) is 0 Å². The molecule has 0 heterocycles. The van der Waals surface area contributed by atoms with E-state index < -0.39 is 51.1 Å². The molecule has 4 N–H and O–H groups in total. The van der Waals surface area contributed by atoms with Crippen molar-refractivity contribution in [3.63, 3.8) is 0 Å². The van der Waals surface area contributed by atoms with Crippen LogP contribution >= 0.6 is 7.82 Å². The van der Waals surface area contributed by atoms with Crippen molar-refractivity contribution in [2.45, 2.75) is 193 Å². The van der Waals surface area contributed by atoms with Crippen LogP contribution in [0, 0.1) is 0 Å². The number of esters is 2. The number of hydrogen-bond donors (Lipinski definition) is 3. The van der Waals surface area contributed by atoms with Gasteiger partial charge in [0, 0.05) is 12.8 Å². The largest absolute Gasteiger partial charge is 0.480 e. The van der Waals surface area contributed by atoms with Gasteiger partial charge in [-0.05, 0) is 57.8 Å². The van der Waals surface area contributed by atoms with Gasteiger partial charge in [-0.15, -0.1) is 0 Å². The van der Waals surface area contributed by atoms with Crippen LogP contribution in [-0.2, 0) is 37.5 Å². The third-order valence-electron chi connectivity index (χ3n) is 8.67. The van der Waals surface area contributed by atoms with Crippen molar-refractivity contribution in [3.8, 4) is 0 Å². The van der Waals surface area contributed by atoms with E-state index >= 15 is 0 Å². The molecule has 304 valence electrons. The molecule has 0 aliphatic heterocycles. The van der Waals surface area contributed by atoms with Crippen LogP contribution in [0.25, 0.3) is 0 Å². The Hall–Kier alpha value is -2.04. The number of phosphoric acid groups is 1. The third kappa shape index (κ3) is 35.0. The summed E-state index contributed by atoms with van der Waals surface area (Å²) in [7, 11) is -4.71. The van der Waals surface area contributed by atoms with E-state index in [0.717, 1.165) is 57.8 Å². The van der Waals surface area contributed by atoms with E-state index in [9.17, 15) is 23.8 Å². The molecule has 0 aromatic heterocycles. The predicted molar refractivity (Wildman–Crippen MR) is 208 cm³/mol. The minimum atomic E-state index is -4.71. The molecule has 0 rings (SSSR count). The van der Waals surface area contributed by atoms with Gasteiger partial charge in [0.2, 0.25) is 0 Å². The van der Waals surface area contributed by atoms with Crippen molar-refractivity contribution < 1.29 is 47.5 Å². The standard InChI is InChI=1S/C40H74NO10P/c1-3-5-7-9-11-13-15-16-17-18-19-20-22-24-26-28-30-32-39(43)51-36(34-49-52(46,47)50-35-37(41)40(44)45)33-48-38(42)31-29-27-25-23-21-14-12-10-8-6-4-2/h10,12-13,15,36-37H,3-9,11,14,16-35,41H2,1-2H3,(H,44,45)(H,46,47)/b12-10+,15-13+/t36-,37-/m0/s1. The Labute approximate surface area is 315 Å². The number of allylic oxidation sites excluding steroid dienone is 4. The zero-order valence-corrected chi connectivity index (χ0v) is 33.5. The molecule has 0 bridgehead atoms. The molecule has 0 saturated carbocycles. The van der Waals surface area contributed by atoms with Crippen LogP contribution in [0.2, 0.25) is 0 Å². The highest BCUT2D eigenvalue weighted by molar-refractivity contribution is 7.47. The second-order valence-electron chi connectivity index (χ2n) is 13.8. The molecule has 0 aliphatic carbocycles. The molecule has 0 aromatic rings. The molecule has 1 unspecified atom stereocenters. The number of rotatable bonds is 38. The van der Waals surface area contributed by atoms with Crippen LogP contribution < -0.4 is 5.73 Å². The number of carboxylic acid groups (broad SMARTS) is 1. The first-order valence-electron chi connectivity index (χ1n) is 20.4. The van der Waals surface area contributed by atoms with E-state index in [1.165, 1.54) is 83.5 Å². The summed E-state index contributed by atoms with van der Waals surface area (Å²) in [5.41, 5.74) is 5.32. The van der Waals surface area contributed by atoms with Crippen LogP contribution in [0.5, 0.6) is 0 Å². The average molecular weight is 760 g/mol. The van der Waals surface area contributed by atoms with Gasteiger partial charge in [-0.25, -0.2) is 4.57 Å². The Morgan fingerprint density at radius 3 is 1.46 bits per heavy atom. The van der Waals surface area contributed by atoms with E-state index in [1.807, 2.05) is 0 Å². The van der Waals surface area contributed by atoms with Crippen molar-refractivity contribution in [1.29, 1.82) is 0 Å². The summed E-state index contributed by atoms with van der Waals surface area (Å²) in [4.78, 5) is 45.8. The first kappa shape index (κ1) is 50.0. The number of unbranched alkanes of at least 4 members (excludes halogenated alkanes) is 20. The summed E-state index contributed by atoms with van der Waals surface area (Å²) in [5, 5.41) is 8.86. The molecule has 12 heteroatoms. The second-order valence-corrected chi connectivity index (χ2v) is 15.2. The predicted octanol–water partition coefficient (Wildman–Crippen LogP) is 10.3. The fourth-order valence-corrected chi connectivity index (χ4v) is 6.17. The van der Waals surface area contributed by atoms with Gasteiger partial charge in [0.15, 0.2) is 6.10 Å². The minimum absolute atomic E-state index is 0.159. The maximum Gasteiger partial charge on any atom is 0.472 e. The maximum absolute atomic E-state index is 12.6. The lowest BCUT2D eigenvalue weighted by molar-refractivity contribution is -0.161. The molecule has 0 aromatic carbocycles. The van der Waals surface area contributed by atoms with Gasteiger partial charge in [-0.1, -0.05) is 134 Å². The quantitative estimate of drug-likeness (QED) is 0.0237. The maximum atomic E-state index is 12.6. The van der Waals surface area contributed by atoms with Crippen molar-refractivity contribution in [2.75, 3.05) is 19.8 Å². The van der Waals surface area contributed by atoms with Crippen LogP contribution in [-0.4, -0.2) is 59.9 Å². The van der Waals surface area contributed by atoms with Gasteiger partial charge in [-0.3, -0.25) is 23.4 Å². The lowest BCUT2D eigenvalue weighted by Crippen LogP contribution is -2.34. The molecule has 11 nitrogen and oxygen atoms in total. The first-order chi connectivity index (χ1) is 25.1. The van der Waals surface area contributed by atoms with Crippen LogP contribution in [0.4, 0.5) is 0 Å². The van der Waals surface area contributed by atoms with Crippen molar-refractivity contribution in [1.82, 2.24) is 0 Å². The van der Waals surface area contributed by atoms with E-state index in [0.29, 0.717) is 12.8 Å². The second kappa shape index (κ2) is 36.0.